The predicted octanol–water partition coefficient (Wildman–Crippen LogP) is 1.47. The zero-order chi connectivity index (χ0) is 15.0. The highest BCUT2D eigenvalue weighted by atomic mass is 32.2. The average molecular weight is 321 g/mol. The number of aromatic nitrogens is 1. The summed E-state index contributed by atoms with van der Waals surface area (Å²) in [6.45, 7) is 0. The van der Waals surface area contributed by atoms with Crippen LogP contribution in [0.25, 0.3) is 10.9 Å². The minimum absolute atomic E-state index is 0.108. The van der Waals surface area contributed by atoms with Crippen molar-refractivity contribution in [1.82, 2.24) is 4.98 Å². The van der Waals surface area contributed by atoms with E-state index >= 15 is 0 Å². The number of pyridine rings is 1. The fourth-order valence-corrected chi connectivity index (χ4v) is 4.41. The fourth-order valence-electron chi connectivity index (χ4n) is 2.57. The molecule has 5 nitrogen and oxygen atoms in total. The third-order valence-electron chi connectivity index (χ3n) is 3.57. The lowest BCUT2D eigenvalue weighted by Crippen LogP contribution is -2.22. The fraction of sp³-hybridized carbons (Fsp3) is 0.286. The van der Waals surface area contributed by atoms with Crippen LogP contribution in [0.4, 0.5) is 5.82 Å². The van der Waals surface area contributed by atoms with Crippen LogP contribution in [-0.4, -0.2) is 35.9 Å². The molecular weight excluding hydrogens is 306 g/mol. The van der Waals surface area contributed by atoms with E-state index in [9.17, 15) is 8.42 Å². The van der Waals surface area contributed by atoms with Crippen LogP contribution in [0.15, 0.2) is 30.3 Å². The van der Waals surface area contributed by atoms with E-state index in [0.29, 0.717) is 17.2 Å². The molecule has 1 atom stereocenters. The van der Waals surface area contributed by atoms with Crippen LogP contribution in [0.1, 0.15) is 12.0 Å². The highest BCUT2D eigenvalue weighted by Crippen LogP contribution is 2.23. The third-order valence-corrected chi connectivity index (χ3v) is 5.55. The number of benzene rings is 1. The van der Waals surface area contributed by atoms with Gasteiger partial charge in [0.15, 0.2) is 9.84 Å². The Morgan fingerprint density at radius 1 is 1.38 bits per heavy atom. The minimum Gasteiger partial charge on any atom is -0.389 e. The van der Waals surface area contributed by atoms with Gasteiger partial charge in [0.2, 0.25) is 0 Å². The van der Waals surface area contributed by atoms with Gasteiger partial charge in [-0.2, -0.15) is 0 Å². The molecule has 3 N–H and O–H groups in total. The lowest BCUT2D eigenvalue weighted by Gasteiger charge is -2.14. The maximum absolute atomic E-state index is 11.5. The lowest BCUT2D eigenvalue weighted by atomic mass is 10.1. The topological polar surface area (TPSA) is 85.1 Å². The van der Waals surface area contributed by atoms with Gasteiger partial charge in [0.25, 0.3) is 0 Å². The Balaban J connectivity index is 1.98. The number of anilines is 1. The van der Waals surface area contributed by atoms with Gasteiger partial charge in [0, 0.05) is 17.0 Å². The Hall–Kier alpha value is -1.73. The highest BCUT2D eigenvalue weighted by molar-refractivity contribution is 7.91. The molecule has 1 aromatic heterocycles. The van der Waals surface area contributed by atoms with Crippen molar-refractivity contribution >= 4 is 43.8 Å². The molecule has 2 aromatic rings. The zero-order valence-electron chi connectivity index (χ0n) is 11.2. The predicted molar refractivity (Wildman–Crippen MR) is 88.3 cm³/mol. The van der Waals surface area contributed by atoms with E-state index in [2.05, 4.69) is 10.3 Å². The standard InChI is InChI=1S/C14H15N3O2S2/c15-14(20)11-7-13(16-9-5-6-21(18,19)8-9)17-12-4-2-1-3-10(11)12/h1-4,7,9H,5-6,8H2,(H2,15,20)(H,16,17). The molecule has 0 bridgehead atoms. The summed E-state index contributed by atoms with van der Waals surface area (Å²) < 4.78 is 23.0. The molecule has 0 radical (unpaired) electrons. The lowest BCUT2D eigenvalue weighted by molar-refractivity contribution is 0.602. The first-order chi connectivity index (χ1) is 9.94. The van der Waals surface area contributed by atoms with Gasteiger partial charge in [-0.05, 0) is 18.6 Å². The molecule has 21 heavy (non-hydrogen) atoms. The van der Waals surface area contributed by atoms with Crippen molar-refractivity contribution in [2.24, 2.45) is 5.73 Å². The van der Waals surface area contributed by atoms with Crippen LogP contribution in [0.3, 0.4) is 0 Å². The summed E-state index contributed by atoms with van der Waals surface area (Å²) in [4.78, 5) is 4.81. The van der Waals surface area contributed by atoms with Gasteiger partial charge < -0.3 is 11.1 Å². The molecule has 110 valence electrons. The zero-order valence-corrected chi connectivity index (χ0v) is 12.9. The quantitative estimate of drug-likeness (QED) is 0.833. The summed E-state index contributed by atoms with van der Waals surface area (Å²) in [6, 6.07) is 9.28. The molecule has 1 aliphatic rings. The second-order valence-corrected chi connectivity index (χ2v) is 7.85. The SMILES string of the molecule is NC(=S)c1cc(NC2CCS(=O)(=O)C2)nc2ccccc12. The van der Waals surface area contributed by atoms with Crippen molar-refractivity contribution in [3.05, 3.63) is 35.9 Å². The second kappa shape index (κ2) is 5.23. The normalized spacial score (nSPS) is 20.5. The Kier molecular flexibility index (Phi) is 3.54. The Morgan fingerprint density at radius 2 is 2.14 bits per heavy atom. The van der Waals surface area contributed by atoms with Gasteiger partial charge in [0.05, 0.1) is 17.0 Å². The van der Waals surface area contributed by atoms with E-state index in [-0.39, 0.29) is 17.5 Å². The van der Waals surface area contributed by atoms with Crippen LogP contribution in [0.5, 0.6) is 0 Å². The molecule has 0 aliphatic carbocycles. The summed E-state index contributed by atoms with van der Waals surface area (Å²) in [6.07, 6.45) is 0.596. The molecule has 0 saturated carbocycles. The number of nitrogens with one attached hydrogen (secondary N) is 1. The van der Waals surface area contributed by atoms with Gasteiger partial charge in [-0.25, -0.2) is 13.4 Å². The molecule has 1 fully saturated rings. The van der Waals surface area contributed by atoms with E-state index in [1.165, 1.54) is 0 Å². The minimum atomic E-state index is -2.93. The summed E-state index contributed by atoms with van der Waals surface area (Å²) in [5.74, 6) is 0.975. The number of nitrogens with two attached hydrogens (primary N) is 1. The summed E-state index contributed by atoms with van der Waals surface area (Å²) in [5.41, 5.74) is 7.31. The Bertz CT molecular complexity index is 818. The van der Waals surface area contributed by atoms with Crippen molar-refractivity contribution in [3.8, 4) is 0 Å². The van der Waals surface area contributed by atoms with Gasteiger partial charge in [-0.1, -0.05) is 30.4 Å². The van der Waals surface area contributed by atoms with Crippen molar-refractivity contribution < 1.29 is 8.42 Å². The van der Waals surface area contributed by atoms with Crippen LogP contribution in [-0.2, 0) is 9.84 Å². The van der Waals surface area contributed by atoms with E-state index in [1.807, 2.05) is 24.3 Å². The number of rotatable bonds is 3. The van der Waals surface area contributed by atoms with Crippen LogP contribution in [0, 0.1) is 0 Å². The largest absolute Gasteiger partial charge is 0.389 e. The maximum Gasteiger partial charge on any atom is 0.152 e. The van der Waals surface area contributed by atoms with Crippen LogP contribution in [0.2, 0.25) is 0 Å². The smallest absolute Gasteiger partial charge is 0.152 e. The molecule has 1 aromatic carbocycles. The molecule has 7 heteroatoms. The van der Waals surface area contributed by atoms with Crippen LogP contribution >= 0.6 is 12.2 Å². The summed E-state index contributed by atoms with van der Waals surface area (Å²) in [5, 5.41) is 4.08. The molecule has 0 spiro atoms. The first-order valence-electron chi connectivity index (χ1n) is 6.61. The number of sulfone groups is 1. The van der Waals surface area contributed by atoms with E-state index in [1.54, 1.807) is 6.07 Å². The third kappa shape index (κ3) is 2.98. The number of fused-ring (bicyclic) bond motifs is 1. The van der Waals surface area contributed by atoms with E-state index in [0.717, 1.165) is 16.5 Å². The highest BCUT2D eigenvalue weighted by Gasteiger charge is 2.28. The first kappa shape index (κ1) is 14.2. The van der Waals surface area contributed by atoms with Crippen molar-refractivity contribution in [1.29, 1.82) is 0 Å². The van der Waals surface area contributed by atoms with E-state index < -0.39 is 9.84 Å². The number of nitrogens with zero attached hydrogens (tertiary/aromatic N) is 1. The van der Waals surface area contributed by atoms with Gasteiger partial charge in [-0.3, -0.25) is 0 Å². The number of para-hydroxylation sites is 1. The Morgan fingerprint density at radius 3 is 2.81 bits per heavy atom. The summed E-state index contributed by atoms with van der Waals surface area (Å²) in [7, 11) is -2.93. The van der Waals surface area contributed by atoms with Gasteiger partial charge in [-0.15, -0.1) is 0 Å². The molecular formula is C14H15N3O2S2. The molecule has 2 heterocycles. The molecule has 3 rings (SSSR count). The maximum atomic E-state index is 11.5. The molecule has 1 aliphatic heterocycles. The average Bonchev–Trinajstić information content (AvgIpc) is 2.77. The second-order valence-electron chi connectivity index (χ2n) is 5.18. The Labute approximate surface area is 128 Å². The van der Waals surface area contributed by atoms with Crippen molar-refractivity contribution in [2.45, 2.75) is 12.5 Å². The van der Waals surface area contributed by atoms with Gasteiger partial charge >= 0.3 is 0 Å². The number of hydrogen-bond acceptors (Lipinski definition) is 5. The van der Waals surface area contributed by atoms with E-state index in [4.69, 9.17) is 18.0 Å². The van der Waals surface area contributed by atoms with Gasteiger partial charge in [0.1, 0.15) is 10.8 Å². The molecule has 1 saturated heterocycles. The summed E-state index contributed by atoms with van der Waals surface area (Å²) >= 11 is 5.09. The van der Waals surface area contributed by atoms with Crippen molar-refractivity contribution in [3.63, 3.8) is 0 Å². The molecule has 1 unspecified atom stereocenters. The first-order valence-corrected chi connectivity index (χ1v) is 8.84. The number of thiocarbonyl (C=S) groups is 1. The van der Waals surface area contributed by atoms with Crippen LogP contribution < -0.4 is 11.1 Å². The number of hydrogen-bond donors (Lipinski definition) is 2. The monoisotopic (exact) mass is 321 g/mol. The van der Waals surface area contributed by atoms with Crippen molar-refractivity contribution in [2.75, 3.05) is 16.8 Å². The molecule has 0 amide bonds.